The first-order chi connectivity index (χ1) is 8.16. The highest BCUT2D eigenvalue weighted by atomic mass is 19.1. The number of alkyl halides is 1. The van der Waals surface area contributed by atoms with Crippen LogP contribution < -0.4 is 0 Å². The average molecular weight is 234 g/mol. The zero-order valence-electron chi connectivity index (χ0n) is 8.95. The lowest BCUT2D eigenvalue weighted by molar-refractivity contribution is 0.0696. The lowest BCUT2D eigenvalue weighted by Crippen LogP contribution is -2.05. The Labute approximate surface area is 97.3 Å². The number of imidazole rings is 1. The normalized spacial score (nSPS) is 12.3. The summed E-state index contributed by atoms with van der Waals surface area (Å²) in [6.07, 6.45) is 3.50. The van der Waals surface area contributed by atoms with E-state index in [4.69, 9.17) is 5.11 Å². The molecular weight excluding hydrogens is 223 g/mol. The van der Waals surface area contributed by atoms with Gasteiger partial charge in [-0.15, -0.1) is 0 Å². The standard InChI is InChI=1S/C12H11FN2O2/c13-11(7-15-5-4-14-8-15)9-2-1-3-10(6-9)12(16)17/h1-6,8,11H,7H2,(H,16,17). The van der Waals surface area contributed by atoms with Crippen molar-refractivity contribution < 1.29 is 14.3 Å². The second kappa shape index (κ2) is 4.78. The summed E-state index contributed by atoms with van der Waals surface area (Å²) in [4.78, 5) is 14.6. The van der Waals surface area contributed by atoms with E-state index in [0.29, 0.717) is 5.56 Å². The van der Waals surface area contributed by atoms with Crippen molar-refractivity contribution in [3.63, 3.8) is 0 Å². The maximum Gasteiger partial charge on any atom is 0.335 e. The van der Waals surface area contributed by atoms with E-state index in [1.54, 1.807) is 29.1 Å². The molecular formula is C12H11FN2O2. The van der Waals surface area contributed by atoms with Gasteiger partial charge in [0, 0.05) is 12.4 Å². The number of aromatic nitrogens is 2. The molecule has 0 spiro atoms. The molecule has 0 saturated carbocycles. The summed E-state index contributed by atoms with van der Waals surface area (Å²) in [5, 5.41) is 8.81. The van der Waals surface area contributed by atoms with E-state index >= 15 is 0 Å². The van der Waals surface area contributed by atoms with Crippen molar-refractivity contribution >= 4 is 5.97 Å². The number of aromatic carboxylic acids is 1. The Balaban J connectivity index is 2.16. The number of hydrogen-bond acceptors (Lipinski definition) is 2. The molecule has 4 nitrogen and oxygen atoms in total. The molecule has 0 fully saturated rings. The minimum atomic E-state index is -1.25. The number of hydrogen-bond donors (Lipinski definition) is 1. The molecule has 0 amide bonds. The van der Waals surface area contributed by atoms with Crippen molar-refractivity contribution in [3.05, 3.63) is 54.1 Å². The van der Waals surface area contributed by atoms with E-state index in [2.05, 4.69) is 4.98 Å². The molecule has 1 unspecified atom stereocenters. The fraction of sp³-hybridized carbons (Fsp3) is 0.167. The van der Waals surface area contributed by atoms with Crippen LogP contribution in [0.3, 0.4) is 0 Å². The van der Waals surface area contributed by atoms with Crippen LogP contribution in [0.15, 0.2) is 43.0 Å². The first-order valence-corrected chi connectivity index (χ1v) is 5.10. The highest BCUT2D eigenvalue weighted by Crippen LogP contribution is 2.20. The van der Waals surface area contributed by atoms with E-state index in [9.17, 15) is 9.18 Å². The maximum absolute atomic E-state index is 13.9. The van der Waals surface area contributed by atoms with Crippen LogP contribution in [-0.4, -0.2) is 20.6 Å². The molecule has 1 N–H and O–H groups in total. The molecule has 1 atom stereocenters. The first kappa shape index (κ1) is 11.3. The highest BCUT2D eigenvalue weighted by molar-refractivity contribution is 5.87. The lowest BCUT2D eigenvalue weighted by Gasteiger charge is -2.09. The Morgan fingerprint density at radius 3 is 3.00 bits per heavy atom. The van der Waals surface area contributed by atoms with E-state index in [0.717, 1.165) is 0 Å². The molecule has 0 saturated heterocycles. The van der Waals surface area contributed by atoms with Gasteiger partial charge in [-0.05, 0) is 17.7 Å². The predicted molar refractivity (Wildman–Crippen MR) is 59.5 cm³/mol. The zero-order valence-corrected chi connectivity index (χ0v) is 8.95. The average Bonchev–Trinajstić information content (AvgIpc) is 2.82. The largest absolute Gasteiger partial charge is 0.478 e. The first-order valence-electron chi connectivity index (χ1n) is 5.10. The van der Waals surface area contributed by atoms with Crippen LogP contribution in [0.4, 0.5) is 4.39 Å². The van der Waals surface area contributed by atoms with E-state index in [1.165, 1.54) is 18.5 Å². The Morgan fingerprint density at radius 1 is 1.53 bits per heavy atom. The third-order valence-corrected chi connectivity index (χ3v) is 2.43. The van der Waals surface area contributed by atoms with Gasteiger partial charge in [0.1, 0.15) is 6.17 Å². The molecule has 17 heavy (non-hydrogen) atoms. The van der Waals surface area contributed by atoms with Crippen molar-refractivity contribution in [2.75, 3.05) is 0 Å². The number of carbonyl (C=O) groups is 1. The van der Waals surface area contributed by atoms with Gasteiger partial charge in [-0.3, -0.25) is 0 Å². The van der Waals surface area contributed by atoms with Crippen LogP contribution >= 0.6 is 0 Å². The second-order valence-electron chi connectivity index (χ2n) is 3.66. The molecule has 1 aromatic carbocycles. The summed E-state index contributed by atoms with van der Waals surface area (Å²) in [6, 6.07) is 5.91. The molecule has 2 rings (SSSR count). The third-order valence-electron chi connectivity index (χ3n) is 2.43. The van der Waals surface area contributed by atoms with E-state index in [1.807, 2.05) is 0 Å². The molecule has 0 aliphatic carbocycles. The molecule has 5 heteroatoms. The van der Waals surface area contributed by atoms with Crippen molar-refractivity contribution in [2.24, 2.45) is 0 Å². The second-order valence-corrected chi connectivity index (χ2v) is 3.66. The number of carboxylic acids is 1. The van der Waals surface area contributed by atoms with Crippen molar-refractivity contribution in [2.45, 2.75) is 12.7 Å². The van der Waals surface area contributed by atoms with Gasteiger partial charge in [-0.25, -0.2) is 14.2 Å². The number of benzene rings is 1. The van der Waals surface area contributed by atoms with E-state index in [-0.39, 0.29) is 12.1 Å². The van der Waals surface area contributed by atoms with E-state index < -0.39 is 12.1 Å². The molecule has 2 aromatic rings. The summed E-state index contributed by atoms with van der Waals surface area (Å²) in [5.74, 6) is -1.05. The third kappa shape index (κ3) is 2.69. The Kier molecular flexibility index (Phi) is 3.18. The smallest absolute Gasteiger partial charge is 0.335 e. The zero-order chi connectivity index (χ0) is 12.3. The van der Waals surface area contributed by atoms with Crippen molar-refractivity contribution in [1.29, 1.82) is 0 Å². The quantitative estimate of drug-likeness (QED) is 0.883. The summed E-state index contributed by atoms with van der Waals surface area (Å²) < 4.78 is 15.5. The number of rotatable bonds is 4. The molecule has 1 heterocycles. The van der Waals surface area contributed by atoms with Crippen LogP contribution in [0.2, 0.25) is 0 Å². The van der Waals surface area contributed by atoms with Gasteiger partial charge in [0.2, 0.25) is 0 Å². The van der Waals surface area contributed by atoms with Gasteiger partial charge in [-0.1, -0.05) is 12.1 Å². The summed E-state index contributed by atoms with van der Waals surface area (Å²) >= 11 is 0. The molecule has 0 bridgehead atoms. The fourth-order valence-corrected chi connectivity index (χ4v) is 1.55. The van der Waals surface area contributed by atoms with Crippen molar-refractivity contribution in [3.8, 4) is 0 Å². The molecule has 0 radical (unpaired) electrons. The van der Waals surface area contributed by atoms with Crippen LogP contribution in [-0.2, 0) is 6.54 Å². The molecule has 1 aromatic heterocycles. The monoisotopic (exact) mass is 234 g/mol. The fourth-order valence-electron chi connectivity index (χ4n) is 1.55. The molecule has 88 valence electrons. The van der Waals surface area contributed by atoms with Crippen molar-refractivity contribution in [1.82, 2.24) is 9.55 Å². The number of carboxylic acid groups (broad SMARTS) is 1. The Morgan fingerprint density at radius 2 is 2.35 bits per heavy atom. The van der Waals surface area contributed by atoms with Gasteiger partial charge in [0.25, 0.3) is 0 Å². The van der Waals surface area contributed by atoms with Gasteiger partial charge in [0.05, 0.1) is 18.4 Å². The van der Waals surface area contributed by atoms with Gasteiger partial charge >= 0.3 is 5.97 Å². The maximum atomic E-state index is 13.9. The number of nitrogens with zero attached hydrogens (tertiary/aromatic N) is 2. The summed E-state index contributed by atoms with van der Waals surface area (Å²) in [5.41, 5.74) is 0.453. The summed E-state index contributed by atoms with van der Waals surface area (Å²) in [7, 11) is 0. The van der Waals surface area contributed by atoms with Crippen LogP contribution in [0, 0.1) is 0 Å². The highest BCUT2D eigenvalue weighted by Gasteiger charge is 2.12. The van der Waals surface area contributed by atoms with Gasteiger partial charge < -0.3 is 9.67 Å². The minimum absolute atomic E-state index is 0.0933. The van der Waals surface area contributed by atoms with Gasteiger partial charge in [-0.2, -0.15) is 0 Å². The lowest BCUT2D eigenvalue weighted by atomic mass is 10.1. The molecule has 0 aliphatic heterocycles. The minimum Gasteiger partial charge on any atom is -0.478 e. The van der Waals surface area contributed by atoms with Crippen LogP contribution in [0.1, 0.15) is 22.1 Å². The predicted octanol–water partition coefficient (Wildman–Crippen LogP) is 2.29. The SMILES string of the molecule is O=C(O)c1cccc(C(F)Cn2ccnc2)c1. The summed E-state index contributed by atoms with van der Waals surface area (Å²) in [6.45, 7) is 0.128. The number of halogens is 1. The van der Waals surface area contributed by atoms with Crippen LogP contribution in [0.25, 0.3) is 0 Å². The van der Waals surface area contributed by atoms with Crippen LogP contribution in [0.5, 0.6) is 0 Å². The molecule has 0 aliphatic rings. The Bertz CT molecular complexity index is 511. The topological polar surface area (TPSA) is 55.1 Å². The Hall–Kier alpha value is -2.17. The van der Waals surface area contributed by atoms with Gasteiger partial charge in [0.15, 0.2) is 0 Å².